The second-order valence-electron chi connectivity index (χ2n) is 10.5. The van der Waals surface area contributed by atoms with Crippen molar-refractivity contribution in [2.75, 3.05) is 18.9 Å². The number of hydrogen-bond donors (Lipinski definition) is 5. The molecule has 0 aromatic carbocycles. The Morgan fingerprint density at radius 2 is 1.55 bits per heavy atom. The lowest BCUT2D eigenvalue weighted by atomic mass is 10.0. The molecule has 0 saturated carbocycles. The van der Waals surface area contributed by atoms with E-state index in [1.54, 1.807) is 0 Å². The third kappa shape index (κ3) is 9.90. The first kappa shape index (κ1) is 32.7. The predicted molar refractivity (Wildman–Crippen MR) is 151 cm³/mol. The summed E-state index contributed by atoms with van der Waals surface area (Å²) in [4.78, 5) is 32.3. The number of nitrogens with two attached hydrogens (primary N) is 1. The number of anilines is 1. The highest BCUT2D eigenvalue weighted by molar-refractivity contribution is 7.47. The van der Waals surface area contributed by atoms with Crippen molar-refractivity contribution < 1.29 is 33.5 Å². The number of aromatic nitrogens is 4. The highest BCUT2D eigenvalue weighted by Crippen LogP contribution is 2.44. The summed E-state index contributed by atoms with van der Waals surface area (Å²) in [6.07, 6.45) is 12.9. The lowest BCUT2D eigenvalue weighted by molar-refractivity contribution is -0.0514. The van der Waals surface area contributed by atoms with Crippen molar-refractivity contribution in [3.05, 3.63) is 16.7 Å². The summed E-state index contributed by atoms with van der Waals surface area (Å²) in [5.74, 6) is -0.149. The number of phosphoric acid groups is 1. The van der Waals surface area contributed by atoms with Crippen molar-refractivity contribution in [3.8, 4) is 0 Å². The average Bonchev–Trinajstić information content (AvgIpc) is 3.45. The maximum Gasteiger partial charge on any atom is 0.472 e. The lowest BCUT2D eigenvalue weighted by Crippen LogP contribution is -2.33. The van der Waals surface area contributed by atoms with E-state index in [-0.39, 0.29) is 23.7 Å². The second kappa shape index (κ2) is 16.5. The Morgan fingerprint density at radius 3 is 2.15 bits per heavy atom. The average molecular weight is 588 g/mol. The summed E-state index contributed by atoms with van der Waals surface area (Å²) in [7, 11) is -4.38. The predicted octanol–water partition coefficient (Wildman–Crippen LogP) is 3.94. The Balaban J connectivity index is 1.28. The van der Waals surface area contributed by atoms with E-state index >= 15 is 0 Å². The summed E-state index contributed by atoms with van der Waals surface area (Å²) in [6.45, 7) is 1.82. The second-order valence-corrected chi connectivity index (χ2v) is 12.0. The summed E-state index contributed by atoms with van der Waals surface area (Å²) in [5.41, 5.74) is 5.08. The van der Waals surface area contributed by atoms with Gasteiger partial charge >= 0.3 is 7.82 Å². The van der Waals surface area contributed by atoms with Crippen LogP contribution >= 0.6 is 7.82 Å². The van der Waals surface area contributed by atoms with Crippen LogP contribution in [0.4, 0.5) is 5.95 Å². The number of nitrogens with one attached hydrogen (secondary N) is 1. The van der Waals surface area contributed by atoms with E-state index in [0.717, 1.165) is 19.3 Å². The van der Waals surface area contributed by atoms with E-state index in [2.05, 4.69) is 21.9 Å². The maximum absolute atomic E-state index is 12.3. The van der Waals surface area contributed by atoms with E-state index < -0.39 is 44.5 Å². The van der Waals surface area contributed by atoms with E-state index in [1.165, 1.54) is 75.1 Å². The molecule has 1 aliphatic heterocycles. The van der Waals surface area contributed by atoms with Crippen LogP contribution in [0.25, 0.3) is 11.2 Å². The SMILES string of the molecule is CCCCCCCCCCCCCCCCOP(=O)(O)OC[C@H]1O[C@@H](n2cnc3c(=O)[nH]c(N)nc32)[C@H](O)[C@@H]1O. The number of ether oxygens (including phenoxy) is 1. The Labute approximate surface area is 235 Å². The molecule has 40 heavy (non-hydrogen) atoms. The summed E-state index contributed by atoms with van der Waals surface area (Å²) in [6, 6.07) is 0. The van der Waals surface area contributed by atoms with Gasteiger partial charge in [-0.15, -0.1) is 0 Å². The van der Waals surface area contributed by atoms with E-state index in [4.69, 9.17) is 19.5 Å². The number of H-pyrrole nitrogens is 1. The fourth-order valence-corrected chi connectivity index (χ4v) is 5.68. The van der Waals surface area contributed by atoms with Crippen LogP contribution in [0.3, 0.4) is 0 Å². The minimum absolute atomic E-state index is 0.0176. The number of hydrogen-bond acceptors (Lipinski definition) is 10. The minimum atomic E-state index is -4.38. The van der Waals surface area contributed by atoms with Gasteiger partial charge in [-0.1, -0.05) is 90.4 Å². The van der Waals surface area contributed by atoms with Crippen molar-refractivity contribution >= 4 is 24.9 Å². The normalized spacial score (nSPS) is 22.7. The molecule has 0 aliphatic carbocycles. The number of nitrogen functional groups attached to an aromatic ring is 1. The van der Waals surface area contributed by atoms with Gasteiger partial charge < -0.3 is 25.6 Å². The zero-order chi connectivity index (χ0) is 29.0. The zero-order valence-electron chi connectivity index (χ0n) is 23.4. The molecular weight excluding hydrogens is 541 g/mol. The fraction of sp³-hybridized carbons (Fsp3) is 0.808. The van der Waals surface area contributed by atoms with Gasteiger partial charge in [-0.25, -0.2) is 9.55 Å². The number of imidazole rings is 1. The molecule has 1 unspecified atom stereocenters. The highest BCUT2D eigenvalue weighted by Gasteiger charge is 2.45. The van der Waals surface area contributed by atoms with Gasteiger partial charge in [0.05, 0.1) is 19.5 Å². The first-order chi connectivity index (χ1) is 19.2. The molecule has 0 spiro atoms. The van der Waals surface area contributed by atoms with E-state index in [9.17, 15) is 24.5 Å². The number of aromatic amines is 1. The first-order valence-corrected chi connectivity index (χ1v) is 16.1. The molecule has 1 aliphatic rings. The Bertz CT molecular complexity index is 1130. The van der Waals surface area contributed by atoms with Gasteiger partial charge in [-0.05, 0) is 6.42 Å². The van der Waals surface area contributed by atoms with Gasteiger partial charge in [-0.3, -0.25) is 23.4 Å². The summed E-state index contributed by atoms with van der Waals surface area (Å²) >= 11 is 0. The van der Waals surface area contributed by atoms with Crippen LogP contribution in [0.15, 0.2) is 11.1 Å². The molecule has 2 aromatic rings. The molecule has 1 fully saturated rings. The fourth-order valence-electron chi connectivity index (χ4n) is 4.91. The summed E-state index contributed by atoms with van der Waals surface area (Å²) < 4.78 is 29.3. The quantitative estimate of drug-likeness (QED) is 0.111. The van der Waals surface area contributed by atoms with Gasteiger partial charge in [0.2, 0.25) is 5.95 Å². The Morgan fingerprint density at radius 1 is 0.975 bits per heavy atom. The molecule has 5 atom stereocenters. The standard InChI is InChI=1S/C26H46N5O8P/c1-2-3-4-5-6-7-8-9-10-11-12-13-14-15-16-37-40(35,36)38-17-19-21(32)22(33)25(39-19)31-18-28-20-23(31)29-26(27)30-24(20)34/h18-19,21-22,25,32-33H,2-17H2,1H3,(H,35,36)(H3,27,29,30,34)/t19-,21-,22-,25-/m1/s1. The van der Waals surface area contributed by atoms with Crippen LogP contribution in [0, 0.1) is 0 Å². The third-order valence-corrected chi connectivity index (χ3v) is 8.20. The van der Waals surface area contributed by atoms with Crippen molar-refractivity contribution in [1.29, 1.82) is 0 Å². The number of aliphatic hydroxyl groups is 2. The number of fused-ring (bicyclic) bond motifs is 1. The number of rotatable bonds is 20. The van der Waals surface area contributed by atoms with Crippen LogP contribution < -0.4 is 11.3 Å². The van der Waals surface area contributed by atoms with Gasteiger partial charge in [0, 0.05) is 0 Å². The molecule has 2 aromatic heterocycles. The van der Waals surface area contributed by atoms with Crippen molar-refractivity contribution in [3.63, 3.8) is 0 Å². The van der Waals surface area contributed by atoms with Crippen LogP contribution in [0.2, 0.25) is 0 Å². The highest BCUT2D eigenvalue weighted by atomic mass is 31.2. The number of phosphoric ester groups is 1. The van der Waals surface area contributed by atoms with Crippen molar-refractivity contribution in [2.24, 2.45) is 0 Å². The molecule has 3 heterocycles. The van der Waals surface area contributed by atoms with Crippen molar-refractivity contribution in [2.45, 2.75) is 121 Å². The molecule has 0 amide bonds. The van der Waals surface area contributed by atoms with E-state index in [0.29, 0.717) is 6.42 Å². The van der Waals surface area contributed by atoms with Crippen molar-refractivity contribution in [1.82, 2.24) is 19.5 Å². The Hall–Kier alpha value is -1.86. The topological polar surface area (TPSA) is 195 Å². The molecule has 1 saturated heterocycles. The van der Waals surface area contributed by atoms with E-state index in [1.807, 2.05) is 0 Å². The summed E-state index contributed by atoms with van der Waals surface area (Å²) in [5, 5.41) is 20.9. The number of nitrogens with zero attached hydrogens (tertiary/aromatic N) is 3. The van der Waals surface area contributed by atoms with Crippen LogP contribution in [-0.2, 0) is 18.3 Å². The Kier molecular flexibility index (Phi) is 13.5. The number of unbranched alkanes of at least 4 members (excludes halogenated alkanes) is 13. The largest absolute Gasteiger partial charge is 0.472 e. The van der Waals surface area contributed by atoms with Gasteiger partial charge in [-0.2, -0.15) is 4.98 Å². The molecular formula is C26H46N5O8P. The van der Waals surface area contributed by atoms with Gasteiger partial charge in [0.25, 0.3) is 5.56 Å². The first-order valence-electron chi connectivity index (χ1n) is 14.6. The lowest BCUT2D eigenvalue weighted by Gasteiger charge is -2.17. The molecule has 13 nitrogen and oxygen atoms in total. The van der Waals surface area contributed by atoms with Crippen LogP contribution in [-0.4, -0.2) is 66.2 Å². The minimum Gasteiger partial charge on any atom is -0.387 e. The number of aliphatic hydroxyl groups excluding tert-OH is 2. The smallest absolute Gasteiger partial charge is 0.387 e. The van der Waals surface area contributed by atoms with Crippen LogP contribution in [0.5, 0.6) is 0 Å². The molecule has 0 radical (unpaired) electrons. The van der Waals surface area contributed by atoms with Gasteiger partial charge in [0.1, 0.15) is 18.3 Å². The monoisotopic (exact) mass is 587 g/mol. The molecule has 3 rings (SSSR count). The molecule has 14 heteroatoms. The van der Waals surface area contributed by atoms with Gasteiger partial charge in [0.15, 0.2) is 17.4 Å². The third-order valence-electron chi connectivity index (χ3n) is 7.22. The molecule has 6 N–H and O–H groups in total. The maximum atomic E-state index is 12.3. The molecule has 0 bridgehead atoms. The van der Waals surface area contributed by atoms with Crippen LogP contribution in [0.1, 0.15) is 103 Å². The zero-order valence-corrected chi connectivity index (χ0v) is 24.3. The molecule has 228 valence electrons.